The summed E-state index contributed by atoms with van der Waals surface area (Å²) in [5.74, 6) is 1.91. The molecule has 1 heterocycles. The molecule has 3 heteroatoms. The van der Waals surface area contributed by atoms with Crippen LogP contribution in [0.2, 0.25) is 0 Å². The molecule has 3 aliphatic rings. The number of hydrogen-bond donors (Lipinski definition) is 2. The molecule has 6 rings (SSSR count). The van der Waals surface area contributed by atoms with Gasteiger partial charge in [-0.3, -0.25) is 0 Å². The first-order chi connectivity index (χ1) is 13.7. The number of carbonyl (C=O) groups is 1. The summed E-state index contributed by atoms with van der Waals surface area (Å²) in [7, 11) is 0. The van der Waals surface area contributed by atoms with Crippen LogP contribution < -0.4 is 5.32 Å². The summed E-state index contributed by atoms with van der Waals surface area (Å²) < 4.78 is 0. The van der Waals surface area contributed by atoms with E-state index in [4.69, 9.17) is 0 Å². The smallest absolute Gasteiger partial charge is 0.335 e. The van der Waals surface area contributed by atoms with Crippen molar-refractivity contribution in [2.45, 2.75) is 31.2 Å². The minimum absolute atomic E-state index is 0.251. The molecule has 0 radical (unpaired) electrons. The zero-order chi connectivity index (χ0) is 18.8. The van der Waals surface area contributed by atoms with Crippen LogP contribution in [0.25, 0.3) is 10.8 Å². The number of carboxylic acids is 1. The van der Waals surface area contributed by atoms with Crippen molar-refractivity contribution >= 4 is 22.4 Å². The third-order valence-electron chi connectivity index (χ3n) is 7.50. The van der Waals surface area contributed by atoms with E-state index >= 15 is 0 Å². The third-order valence-corrected chi connectivity index (χ3v) is 7.50. The summed E-state index contributed by atoms with van der Waals surface area (Å²) in [6.45, 7) is 0. The van der Waals surface area contributed by atoms with Gasteiger partial charge in [0.2, 0.25) is 0 Å². The fourth-order valence-corrected chi connectivity index (χ4v) is 6.39. The van der Waals surface area contributed by atoms with Crippen molar-refractivity contribution in [2.75, 3.05) is 5.32 Å². The molecule has 3 nitrogen and oxygen atoms in total. The molecule has 0 spiro atoms. The number of nitrogens with one attached hydrogen (secondary N) is 1. The van der Waals surface area contributed by atoms with Crippen LogP contribution in [-0.4, -0.2) is 11.1 Å². The highest BCUT2D eigenvalue weighted by Crippen LogP contribution is 2.64. The van der Waals surface area contributed by atoms with Crippen molar-refractivity contribution in [3.63, 3.8) is 0 Å². The molecule has 28 heavy (non-hydrogen) atoms. The predicted octanol–water partition coefficient (Wildman–Crippen LogP) is 5.83. The fraction of sp³-hybridized carbons (Fsp3) is 0.320. The molecule has 3 aromatic rings. The van der Waals surface area contributed by atoms with E-state index in [2.05, 4.69) is 41.7 Å². The number of fused-ring (bicyclic) bond motifs is 9. The van der Waals surface area contributed by atoms with Crippen molar-refractivity contribution in [1.29, 1.82) is 0 Å². The lowest BCUT2D eigenvalue weighted by Gasteiger charge is -2.44. The van der Waals surface area contributed by atoms with E-state index in [0.717, 1.165) is 11.8 Å². The number of rotatable bonds is 2. The highest BCUT2D eigenvalue weighted by molar-refractivity contribution is 5.96. The Morgan fingerprint density at radius 2 is 1.71 bits per heavy atom. The molecule has 0 saturated heterocycles. The molecule has 2 N–H and O–H groups in total. The molecular formula is C25H23NO2. The van der Waals surface area contributed by atoms with Crippen LogP contribution in [0.15, 0.2) is 60.7 Å². The predicted molar refractivity (Wildman–Crippen MR) is 111 cm³/mol. The molecule has 1 aliphatic heterocycles. The van der Waals surface area contributed by atoms with E-state index in [1.165, 1.54) is 46.8 Å². The summed E-state index contributed by atoms with van der Waals surface area (Å²) in [4.78, 5) is 11.3. The van der Waals surface area contributed by atoms with Gasteiger partial charge in [0.25, 0.3) is 0 Å². The fourth-order valence-electron chi connectivity index (χ4n) is 6.39. The lowest BCUT2D eigenvalue weighted by molar-refractivity contribution is 0.0697. The first kappa shape index (κ1) is 16.2. The number of aromatic carboxylic acids is 1. The largest absolute Gasteiger partial charge is 0.478 e. The average Bonchev–Trinajstić information content (AvgIpc) is 3.35. The van der Waals surface area contributed by atoms with Gasteiger partial charge in [-0.05, 0) is 71.6 Å². The summed E-state index contributed by atoms with van der Waals surface area (Å²) in [6.07, 6.45) is 4.02. The Morgan fingerprint density at radius 1 is 0.929 bits per heavy atom. The van der Waals surface area contributed by atoms with Crippen molar-refractivity contribution in [3.05, 3.63) is 77.4 Å². The Hall–Kier alpha value is -2.81. The third kappa shape index (κ3) is 2.19. The molecule has 140 valence electrons. The zero-order valence-corrected chi connectivity index (χ0v) is 15.6. The SMILES string of the molecule is O=C(O)c1ccc([C@@H]2Nc3c(ccc4ccccc34)[C@@H]3[C@H]4CC[C@@H](C4)[C@@H]32)cc1. The number of carboxylic acid groups (broad SMARTS) is 1. The summed E-state index contributed by atoms with van der Waals surface area (Å²) >= 11 is 0. The minimum atomic E-state index is -0.864. The summed E-state index contributed by atoms with van der Waals surface area (Å²) in [5.41, 5.74) is 4.36. The van der Waals surface area contributed by atoms with E-state index in [1.807, 2.05) is 12.1 Å². The monoisotopic (exact) mass is 369 g/mol. The van der Waals surface area contributed by atoms with Gasteiger partial charge in [-0.15, -0.1) is 0 Å². The quantitative estimate of drug-likeness (QED) is 0.597. The average molecular weight is 369 g/mol. The van der Waals surface area contributed by atoms with Crippen molar-refractivity contribution in [2.24, 2.45) is 17.8 Å². The number of hydrogen-bond acceptors (Lipinski definition) is 2. The summed E-state index contributed by atoms with van der Waals surface area (Å²) in [6, 6.07) is 21.0. The molecule has 2 bridgehead atoms. The van der Waals surface area contributed by atoms with Crippen LogP contribution in [0.5, 0.6) is 0 Å². The topological polar surface area (TPSA) is 49.3 Å². The Labute approximate surface area is 164 Å². The Bertz CT molecular complexity index is 1090. The Morgan fingerprint density at radius 3 is 2.54 bits per heavy atom. The second-order valence-electron chi connectivity index (χ2n) is 8.74. The van der Waals surface area contributed by atoms with Gasteiger partial charge < -0.3 is 10.4 Å². The molecule has 2 fully saturated rings. The normalized spacial score (nSPS) is 29.9. The lowest BCUT2D eigenvalue weighted by Crippen LogP contribution is -2.35. The van der Waals surface area contributed by atoms with Gasteiger partial charge in [-0.25, -0.2) is 4.79 Å². The molecule has 2 saturated carbocycles. The molecule has 0 aromatic heterocycles. The van der Waals surface area contributed by atoms with E-state index in [0.29, 0.717) is 17.4 Å². The second kappa shape index (κ2) is 5.84. The maximum atomic E-state index is 11.3. The first-order valence-electron chi connectivity index (χ1n) is 10.3. The standard InChI is InChI=1S/C25H23NO2/c27-25(28)16-7-5-15(6-8-16)23-22-18-10-9-17(13-18)21(22)20-12-11-14-3-1-2-4-19(14)24(20)26-23/h1-8,11-12,17-18,21-23,26H,9-10,13H2,(H,27,28)/t17-,18-,21-,22-,23-/m0/s1. The highest BCUT2D eigenvalue weighted by atomic mass is 16.4. The molecule has 0 amide bonds. The van der Waals surface area contributed by atoms with Gasteiger partial charge in [0.15, 0.2) is 0 Å². The van der Waals surface area contributed by atoms with Gasteiger partial charge in [0.1, 0.15) is 0 Å². The van der Waals surface area contributed by atoms with Gasteiger partial charge in [0.05, 0.1) is 11.6 Å². The van der Waals surface area contributed by atoms with Crippen molar-refractivity contribution in [3.8, 4) is 0 Å². The van der Waals surface area contributed by atoms with Gasteiger partial charge in [-0.1, -0.05) is 48.5 Å². The van der Waals surface area contributed by atoms with Crippen molar-refractivity contribution < 1.29 is 9.90 Å². The van der Waals surface area contributed by atoms with Crippen LogP contribution in [-0.2, 0) is 0 Å². The Balaban J connectivity index is 1.51. The van der Waals surface area contributed by atoms with E-state index in [9.17, 15) is 9.90 Å². The van der Waals surface area contributed by atoms with Crippen LogP contribution in [0.3, 0.4) is 0 Å². The minimum Gasteiger partial charge on any atom is -0.478 e. The maximum absolute atomic E-state index is 11.3. The van der Waals surface area contributed by atoms with E-state index < -0.39 is 5.97 Å². The van der Waals surface area contributed by atoms with Crippen molar-refractivity contribution in [1.82, 2.24) is 0 Å². The number of benzene rings is 3. The number of anilines is 1. The summed E-state index contributed by atoms with van der Waals surface area (Å²) in [5, 5.41) is 15.7. The highest BCUT2D eigenvalue weighted by Gasteiger charge is 2.53. The van der Waals surface area contributed by atoms with Gasteiger partial charge in [-0.2, -0.15) is 0 Å². The van der Waals surface area contributed by atoms with E-state index in [1.54, 1.807) is 12.1 Å². The molecule has 3 aromatic carbocycles. The lowest BCUT2D eigenvalue weighted by atomic mass is 9.67. The molecular weight excluding hydrogens is 346 g/mol. The first-order valence-corrected chi connectivity index (χ1v) is 10.3. The second-order valence-corrected chi connectivity index (χ2v) is 8.74. The van der Waals surface area contributed by atoms with Gasteiger partial charge >= 0.3 is 5.97 Å². The molecule has 0 unspecified atom stereocenters. The van der Waals surface area contributed by atoms with Crippen LogP contribution >= 0.6 is 0 Å². The zero-order valence-electron chi connectivity index (χ0n) is 15.6. The maximum Gasteiger partial charge on any atom is 0.335 e. The van der Waals surface area contributed by atoms with Gasteiger partial charge in [0, 0.05) is 11.1 Å². The molecule has 2 aliphatic carbocycles. The Kier molecular flexibility index (Phi) is 3.37. The van der Waals surface area contributed by atoms with Crippen LogP contribution in [0, 0.1) is 17.8 Å². The van der Waals surface area contributed by atoms with Crippen LogP contribution in [0.1, 0.15) is 52.7 Å². The van der Waals surface area contributed by atoms with Crippen LogP contribution in [0.4, 0.5) is 5.69 Å². The molecule has 5 atom stereocenters. The van der Waals surface area contributed by atoms with E-state index in [-0.39, 0.29) is 6.04 Å².